The van der Waals surface area contributed by atoms with E-state index in [1.165, 1.54) is 17.5 Å². The zero-order chi connectivity index (χ0) is 11.8. The Hall–Kier alpha value is -1.63. The van der Waals surface area contributed by atoms with E-state index < -0.39 is 0 Å². The normalized spacial score (nSPS) is 11.2. The van der Waals surface area contributed by atoms with Crippen LogP contribution in [0.1, 0.15) is 24.5 Å². The molecule has 0 aromatic heterocycles. The molecule has 0 bridgehead atoms. The van der Waals surface area contributed by atoms with Gasteiger partial charge in [-0.15, -0.1) is 0 Å². The van der Waals surface area contributed by atoms with Crippen LogP contribution in [0.3, 0.4) is 0 Å². The van der Waals surface area contributed by atoms with E-state index in [4.69, 9.17) is 0 Å². The van der Waals surface area contributed by atoms with Crippen molar-refractivity contribution >= 4 is 5.71 Å². The third kappa shape index (κ3) is 3.85. The molecule has 84 valence electrons. The predicted octanol–water partition coefficient (Wildman–Crippen LogP) is 3.95. The minimum Gasteiger partial charge on any atom is -0.262 e. The summed E-state index contributed by atoms with van der Waals surface area (Å²) in [6, 6.07) is 8.65. The Morgan fingerprint density at radius 1 is 1.31 bits per heavy atom. The molecule has 0 unspecified atom stereocenters. The average molecular weight is 213 g/mol. The maximum absolute atomic E-state index is 4.18. The molecule has 16 heavy (non-hydrogen) atoms. The standard InChI is InChI=1S/C15H19N/c1-4-8-13-9-7-10-14(11-13)12-15(5-2)16-6-3/h5-7,9-11H,2-4,8,12H2,1H3. The van der Waals surface area contributed by atoms with E-state index >= 15 is 0 Å². The minimum absolute atomic E-state index is 0.826. The molecule has 0 atom stereocenters. The Bertz CT molecular complexity index is 388. The molecule has 0 aliphatic carbocycles. The lowest BCUT2D eigenvalue weighted by atomic mass is 10.0. The van der Waals surface area contributed by atoms with Crippen LogP contribution in [-0.4, -0.2) is 5.71 Å². The Balaban J connectivity index is 2.80. The van der Waals surface area contributed by atoms with Crippen LogP contribution in [0, 0.1) is 0 Å². The van der Waals surface area contributed by atoms with Crippen LogP contribution in [0.15, 0.2) is 54.7 Å². The van der Waals surface area contributed by atoms with Crippen molar-refractivity contribution in [3.8, 4) is 0 Å². The van der Waals surface area contributed by atoms with Gasteiger partial charge in [0.25, 0.3) is 0 Å². The summed E-state index contributed by atoms with van der Waals surface area (Å²) < 4.78 is 0. The number of nitrogens with zero attached hydrogens (tertiary/aromatic N) is 1. The Morgan fingerprint density at radius 3 is 2.69 bits per heavy atom. The summed E-state index contributed by atoms with van der Waals surface area (Å²) in [6.07, 6.45) is 6.49. The highest BCUT2D eigenvalue weighted by Crippen LogP contribution is 2.09. The van der Waals surface area contributed by atoms with Crippen molar-refractivity contribution in [3.63, 3.8) is 0 Å². The first-order valence-electron chi connectivity index (χ1n) is 5.68. The van der Waals surface area contributed by atoms with Crippen LogP contribution >= 0.6 is 0 Å². The third-order valence-corrected chi connectivity index (χ3v) is 2.41. The van der Waals surface area contributed by atoms with E-state index in [-0.39, 0.29) is 0 Å². The monoisotopic (exact) mass is 213 g/mol. The molecule has 0 radical (unpaired) electrons. The molecular formula is C15H19N. The Labute approximate surface area is 98.2 Å². The van der Waals surface area contributed by atoms with Gasteiger partial charge in [0, 0.05) is 18.3 Å². The Morgan fingerprint density at radius 2 is 2.06 bits per heavy atom. The average Bonchev–Trinajstić information content (AvgIpc) is 2.29. The molecule has 1 rings (SSSR count). The number of allylic oxidation sites excluding steroid dienone is 1. The van der Waals surface area contributed by atoms with Gasteiger partial charge in [0.15, 0.2) is 0 Å². The summed E-state index contributed by atoms with van der Waals surface area (Å²) in [4.78, 5) is 4.18. The van der Waals surface area contributed by atoms with Crippen LogP contribution in [0.2, 0.25) is 0 Å². The van der Waals surface area contributed by atoms with E-state index in [9.17, 15) is 0 Å². The maximum atomic E-state index is 4.18. The second-order valence-corrected chi connectivity index (χ2v) is 3.75. The van der Waals surface area contributed by atoms with Crippen molar-refractivity contribution in [2.24, 2.45) is 4.99 Å². The summed E-state index contributed by atoms with van der Waals surface area (Å²) in [6.45, 7) is 9.55. The molecule has 1 aromatic carbocycles. The van der Waals surface area contributed by atoms with Gasteiger partial charge in [-0.2, -0.15) is 0 Å². The van der Waals surface area contributed by atoms with E-state index in [0.717, 1.165) is 18.6 Å². The molecule has 0 saturated heterocycles. The molecule has 0 saturated carbocycles. The summed E-state index contributed by atoms with van der Waals surface area (Å²) in [5, 5.41) is 0. The van der Waals surface area contributed by atoms with Crippen molar-refractivity contribution in [1.29, 1.82) is 0 Å². The number of benzene rings is 1. The van der Waals surface area contributed by atoms with Crippen LogP contribution < -0.4 is 0 Å². The molecule has 1 aromatic rings. The van der Waals surface area contributed by atoms with Crippen molar-refractivity contribution in [3.05, 3.63) is 60.8 Å². The molecule has 0 fully saturated rings. The van der Waals surface area contributed by atoms with Gasteiger partial charge in [0.1, 0.15) is 0 Å². The Kier molecular flexibility index (Phi) is 5.27. The topological polar surface area (TPSA) is 12.4 Å². The van der Waals surface area contributed by atoms with Crippen LogP contribution in [-0.2, 0) is 12.8 Å². The molecule has 1 heteroatoms. The van der Waals surface area contributed by atoms with E-state index in [0.29, 0.717) is 0 Å². The van der Waals surface area contributed by atoms with Crippen LogP contribution in [0.25, 0.3) is 0 Å². The quantitative estimate of drug-likeness (QED) is 0.634. The highest BCUT2D eigenvalue weighted by atomic mass is 14.7. The lowest BCUT2D eigenvalue weighted by Crippen LogP contribution is -1.99. The predicted molar refractivity (Wildman–Crippen MR) is 72.0 cm³/mol. The lowest BCUT2D eigenvalue weighted by molar-refractivity contribution is 0.919. The van der Waals surface area contributed by atoms with Gasteiger partial charge in [-0.3, -0.25) is 4.99 Å². The SMILES string of the molecule is C=CN=C(C=C)Cc1cccc(CCC)c1. The third-order valence-electron chi connectivity index (χ3n) is 2.41. The van der Waals surface area contributed by atoms with Crippen molar-refractivity contribution in [2.45, 2.75) is 26.2 Å². The van der Waals surface area contributed by atoms with Crippen molar-refractivity contribution < 1.29 is 0 Å². The fourth-order valence-electron chi connectivity index (χ4n) is 1.68. The highest BCUT2D eigenvalue weighted by molar-refractivity contribution is 5.96. The molecule has 0 spiro atoms. The minimum atomic E-state index is 0.826. The lowest BCUT2D eigenvalue weighted by Gasteiger charge is -2.04. The van der Waals surface area contributed by atoms with Crippen LogP contribution in [0.5, 0.6) is 0 Å². The molecule has 0 heterocycles. The maximum Gasteiger partial charge on any atom is 0.0441 e. The van der Waals surface area contributed by atoms with E-state index in [2.05, 4.69) is 49.3 Å². The van der Waals surface area contributed by atoms with Crippen molar-refractivity contribution in [1.82, 2.24) is 0 Å². The molecule has 0 amide bonds. The van der Waals surface area contributed by atoms with Gasteiger partial charge >= 0.3 is 0 Å². The van der Waals surface area contributed by atoms with Crippen LogP contribution in [0.4, 0.5) is 0 Å². The zero-order valence-electron chi connectivity index (χ0n) is 9.95. The number of aryl methyl sites for hydroxylation is 1. The molecule has 0 N–H and O–H groups in total. The first-order chi connectivity index (χ1) is 7.80. The van der Waals surface area contributed by atoms with E-state index in [1.54, 1.807) is 12.3 Å². The number of hydrogen-bond donors (Lipinski definition) is 0. The first-order valence-corrected chi connectivity index (χ1v) is 5.68. The summed E-state index contributed by atoms with van der Waals surface area (Å²) in [5.74, 6) is 0. The number of hydrogen-bond acceptors (Lipinski definition) is 1. The molecule has 1 nitrogen and oxygen atoms in total. The van der Waals surface area contributed by atoms with Gasteiger partial charge in [0.05, 0.1) is 0 Å². The largest absolute Gasteiger partial charge is 0.262 e. The van der Waals surface area contributed by atoms with Gasteiger partial charge in [0.2, 0.25) is 0 Å². The second kappa shape index (κ2) is 6.78. The van der Waals surface area contributed by atoms with Gasteiger partial charge in [-0.05, 0) is 23.6 Å². The highest BCUT2D eigenvalue weighted by Gasteiger charge is 1.98. The zero-order valence-corrected chi connectivity index (χ0v) is 9.95. The number of aliphatic imine (C=N–C) groups is 1. The summed E-state index contributed by atoms with van der Waals surface area (Å²) in [7, 11) is 0. The number of rotatable bonds is 6. The van der Waals surface area contributed by atoms with Gasteiger partial charge in [-0.25, -0.2) is 0 Å². The first kappa shape index (κ1) is 12.4. The molecule has 0 aliphatic rings. The summed E-state index contributed by atoms with van der Waals surface area (Å²) >= 11 is 0. The second-order valence-electron chi connectivity index (χ2n) is 3.75. The van der Waals surface area contributed by atoms with Gasteiger partial charge in [-0.1, -0.05) is 50.8 Å². The van der Waals surface area contributed by atoms with Gasteiger partial charge < -0.3 is 0 Å². The fraction of sp³-hybridized carbons (Fsp3) is 0.267. The fourth-order valence-corrected chi connectivity index (χ4v) is 1.68. The van der Waals surface area contributed by atoms with Crippen molar-refractivity contribution in [2.75, 3.05) is 0 Å². The van der Waals surface area contributed by atoms with E-state index in [1.807, 2.05) is 0 Å². The smallest absolute Gasteiger partial charge is 0.0441 e. The summed E-state index contributed by atoms with van der Waals surface area (Å²) in [5.41, 5.74) is 3.64. The molecular weight excluding hydrogens is 194 g/mol. The molecule has 0 aliphatic heterocycles.